The van der Waals surface area contributed by atoms with Crippen molar-refractivity contribution in [1.29, 1.82) is 0 Å². The topological polar surface area (TPSA) is 55.4 Å². The molecule has 0 unspecified atom stereocenters. The van der Waals surface area contributed by atoms with E-state index in [1.807, 2.05) is 60.8 Å². The largest absolute Gasteiger partial charge is 0.452 e. The van der Waals surface area contributed by atoms with Crippen LogP contribution in [-0.2, 0) is 16.0 Å². The van der Waals surface area contributed by atoms with Gasteiger partial charge in [0.2, 0.25) is 0 Å². The Morgan fingerprint density at radius 1 is 1.07 bits per heavy atom. The van der Waals surface area contributed by atoms with E-state index in [1.165, 1.54) is 11.1 Å². The van der Waals surface area contributed by atoms with Crippen LogP contribution < -0.4 is 5.32 Å². The van der Waals surface area contributed by atoms with Gasteiger partial charge in [0, 0.05) is 17.5 Å². The molecule has 2 aromatic rings. The van der Waals surface area contributed by atoms with E-state index < -0.39 is 5.97 Å². The number of esters is 1. The third-order valence-electron chi connectivity index (χ3n) is 4.49. The first-order valence-electron chi connectivity index (χ1n) is 9.45. The average Bonchev–Trinajstić information content (AvgIpc) is 3.26. The van der Waals surface area contributed by atoms with Gasteiger partial charge in [-0.25, -0.2) is 4.79 Å². The van der Waals surface area contributed by atoms with E-state index in [-0.39, 0.29) is 18.6 Å². The van der Waals surface area contributed by atoms with Gasteiger partial charge in [-0.05, 0) is 43.0 Å². The van der Waals surface area contributed by atoms with Crippen LogP contribution in [0.4, 0.5) is 0 Å². The van der Waals surface area contributed by atoms with Crippen molar-refractivity contribution in [1.82, 2.24) is 5.32 Å². The maximum absolute atomic E-state index is 12.2. The van der Waals surface area contributed by atoms with E-state index in [1.54, 1.807) is 12.1 Å². The highest BCUT2D eigenvalue weighted by Crippen LogP contribution is 2.45. The third kappa shape index (κ3) is 6.31. The average molecular weight is 416 g/mol. The molecule has 1 aliphatic heterocycles. The summed E-state index contributed by atoms with van der Waals surface area (Å²) in [5.41, 5.74) is 2.93. The van der Waals surface area contributed by atoms with Crippen molar-refractivity contribution in [3.63, 3.8) is 0 Å². The van der Waals surface area contributed by atoms with Gasteiger partial charge in [-0.3, -0.25) is 4.79 Å². The van der Waals surface area contributed by atoms with Crippen LogP contribution in [0.1, 0.15) is 39.4 Å². The molecule has 1 amide bonds. The van der Waals surface area contributed by atoms with Crippen LogP contribution in [0, 0.1) is 0 Å². The number of carbonyl (C=O) groups is 2. The lowest BCUT2D eigenvalue weighted by molar-refractivity contribution is -0.124. The number of thioether (sulfide) groups is 2. The van der Waals surface area contributed by atoms with E-state index in [0.29, 0.717) is 10.1 Å². The summed E-state index contributed by atoms with van der Waals surface area (Å²) >= 11 is 3.85. The molecule has 4 nitrogen and oxygen atoms in total. The molecule has 0 radical (unpaired) electrons. The first kappa shape index (κ1) is 20.8. The second-order valence-corrected chi connectivity index (χ2v) is 9.49. The van der Waals surface area contributed by atoms with Gasteiger partial charge in [-0.15, -0.1) is 23.5 Å². The lowest BCUT2D eigenvalue weighted by Gasteiger charge is -2.14. The molecular formula is C22H25NO3S2. The summed E-state index contributed by atoms with van der Waals surface area (Å²) in [4.78, 5) is 24.2. The van der Waals surface area contributed by atoms with Crippen LogP contribution in [-0.4, -0.2) is 36.0 Å². The Morgan fingerprint density at radius 3 is 2.43 bits per heavy atom. The van der Waals surface area contributed by atoms with Crippen molar-refractivity contribution in [2.45, 2.75) is 30.4 Å². The number of rotatable bonds is 8. The zero-order chi connectivity index (χ0) is 19.8. The Bertz CT molecular complexity index is 774. The Balaban J connectivity index is 1.39. The predicted molar refractivity (Wildman–Crippen MR) is 117 cm³/mol. The third-order valence-corrected chi connectivity index (χ3v) is 7.60. The number of ether oxygens (including phenoxy) is 1. The quantitative estimate of drug-likeness (QED) is 0.645. The maximum atomic E-state index is 12.2. The van der Waals surface area contributed by atoms with Crippen molar-refractivity contribution in [3.8, 4) is 0 Å². The molecule has 1 saturated heterocycles. The monoisotopic (exact) mass is 415 g/mol. The molecule has 28 heavy (non-hydrogen) atoms. The summed E-state index contributed by atoms with van der Waals surface area (Å²) in [7, 11) is 0. The fourth-order valence-electron chi connectivity index (χ4n) is 2.96. The van der Waals surface area contributed by atoms with E-state index >= 15 is 0 Å². The molecule has 0 spiro atoms. The molecule has 2 aromatic carbocycles. The Hall–Kier alpha value is -1.92. The summed E-state index contributed by atoms with van der Waals surface area (Å²) in [6.07, 6.45) is 1.73. The predicted octanol–water partition coefficient (Wildman–Crippen LogP) is 4.46. The highest BCUT2D eigenvalue weighted by atomic mass is 32.2. The molecule has 1 atom stereocenters. The summed E-state index contributed by atoms with van der Waals surface area (Å²) in [6.45, 7) is 1.70. The van der Waals surface area contributed by atoms with Gasteiger partial charge in [0.05, 0.1) is 10.1 Å². The minimum Gasteiger partial charge on any atom is -0.452 e. The van der Waals surface area contributed by atoms with E-state index in [2.05, 4.69) is 17.4 Å². The number of carbonyl (C=O) groups excluding carboxylic acids is 2. The fourth-order valence-corrected chi connectivity index (χ4v) is 5.82. The molecule has 3 rings (SSSR count). The minimum atomic E-state index is -0.467. The molecule has 148 valence electrons. The standard InChI is InChI=1S/C22H25NO3S2/c1-16(7-8-17-5-3-2-4-6-17)23-20(24)15-26-21(25)18-9-11-19(12-10-18)22-27-13-14-28-22/h2-6,9-12,16,22H,7-8,13-15H2,1H3,(H,23,24)/t16-/m1/s1. The molecule has 1 fully saturated rings. The summed E-state index contributed by atoms with van der Waals surface area (Å²) in [6, 6.07) is 17.7. The molecule has 0 aromatic heterocycles. The lowest BCUT2D eigenvalue weighted by atomic mass is 10.1. The highest BCUT2D eigenvalue weighted by Gasteiger charge is 2.19. The van der Waals surface area contributed by atoms with Crippen LogP contribution in [0.15, 0.2) is 54.6 Å². The Morgan fingerprint density at radius 2 is 1.75 bits per heavy atom. The van der Waals surface area contributed by atoms with E-state index in [4.69, 9.17) is 4.74 Å². The molecule has 0 bridgehead atoms. The molecular weight excluding hydrogens is 390 g/mol. The Labute approximate surface area is 174 Å². The zero-order valence-corrected chi connectivity index (χ0v) is 17.6. The number of hydrogen-bond donors (Lipinski definition) is 1. The van der Waals surface area contributed by atoms with Gasteiger partial charge in [0.1, 0.15) is 0 Å². The lowest BCUT2D eigenvalue weighted by Crippen LogP contribution is -2.36. The van der Waals surface area contributed by atoms with Gasteiger partial charge >= 0.3 is 5.97 Å². The van der Waals surface area contributed by atoms with Crippen molar-refractivity contribution >= 4 is 35.4 Å². The van der Waals surface area contributed by atoms with Crippen LogP contribution in [0.3, 0.4) is 0 Å². The second kappa shape index (κ2) is 10.6. The summed E-state index contributed by atoms with van der Waals surface area (Å²) in [5.74, 6) is 1.59. The molecule has 1 aliphatic rings. The van der Waals surface area contributed by atoms with Crippen molar-refractivity contribution in [3.05, 3.63) is 71.3 Å². The van der Waals surface area contributed by atoms with Gasteiger partial charge in [0.15, 0.2) is 6.61 Å². The van der Waals surface area contributed by atoms with Gasteiger partial charge in [-0.1, -0.05) is 42.5 Å². The fraction of sp³-hybridized carbons (Fsp3) is 0.364. The van der Waals surface area contributed by atoms with E-state index in [0.717, 1.165) is 24.3 Å². The normalized spacial score (nSPS) is 15.2. The highest BCUT2D eigenvalue weighted by molar-refractivity contribution is 8.19. The number of hydrogen-bond acceptors (Lipinski definition) is 5. The van der Waals surface area contributed by atoms with Gasteiger partial charge in [-0.2, -0.15) is 0 Å². The van der Waals surface area contributed by atoms with Crippen molar-refractivity contribution < 1.29 is 14.3 Å². The maximum Gasteiger partial charge on any atom is 0.338 e. The van der Waals surface area contributed by atoms with Gasteiger partial charge in [0.25, 0.3) is 5.91 Å². The second-order valence-electron chi connectivity index (χ2n) is 6.76. The number of amides is 1. The SMILES string of the molecule is C[C@H](CCc1ccccc1)NC(=O)COC(=O)c1ccc(C2SCCS2)cc1. The van der Waals surface area contributed by atoms with Crippen LogP contribution in [0.25, 0.3) is 0 Å². The molecule has 6 heteroatoms. The van der Waals surface area contributed by atoms with Crippen LogP contribution in [0.2, 0.25) is 0 Å². The molecule has 0 saturated carbocycles. The first-order valence-corrected chi connectivity index (χ1v) is 11.5. The summed E-state index contributed by atoms with van der Waals surface area (Å²) in [5, 5.41) is 2.88. The molecule has 1 heterocycles. The Kier molecular flexibility index (Phi) is 7.86. The van der Waals surface area contributed by atoms with Crippen LogP contribution >= 0.6 is 23.5 Å². The molecule has 0 aliphatic carbocycles. The number of benzene rings is 2. The van der Waals surface area contributed by atoms with Crippen LogP contribution in [0.5, 0.6) is 0 Å². The summed E-state index contributed by atoms with van der Waals surface area (Å²) < 4.78 is 5.61. The number of aryl methyl sites for hydroxylation is 1. The molecule has 1 N–H and O–H groups in total. The van der Waals surface area contributed by atoms with Crippen molar-refractivity contribution in [2.24, 2.45) is 0 Å². The zero-order valence-electron chi connectivity index (χ0n) is 15.9. The minimum absolute atomic E-state index is 0.0205. The van der Waals surface area contributed by atoms with Crippen molar-refractivity contribution in [2.75, 3.05) is 18.1 Å². The first-order chi connectivity index (χ1) is 13.6. The van der Waals surface area contributed by atoms with Gasteiger partial charge < -0.3 is 10.1 Å². The number of nitrogens with one attached hydrogen (secondary N) is 1. The van der Waals surface area contributed by atoms with E-state index in [9.17, 15) is 9.59 Å². The smallest absolute Gasteiger partial charge is 0.338 e.